The zero-order valence-electron chi connectivity index (χ0n) is 10.2. The van der Waals surface area contributed by atoms with Crippen LogP contribution in [-0.4, -0.2) is 23.2 Å². The molecule has 1 heterocycles. The van der Waals surface area contributed by atoms with Crippen molar-refractivity contribution in [3.63, 3.8) is 0 Å². The standard InChI is InChI=1S/C14H15NO3/c1-18-14(17)7-6-13(16)12-9-15-8-10-4-2-3-5-11(10)12/h2-5,8-9,13,16H,6-7H2,1H3. The molecule has 0 aliphatic heterocycles. The molecular weight excluding hydrogens is 230 g/mol. The summed E-state index contributed by atoms with van der Waals surface area (Å²) < 4.78 is 4.56. The number of methoxy groups -OCH3 is 1. The van der Waals surface area contributed by atoms with Crippen LogP contribution >= 0.6 is 0 Å². The monoisotopic (exact) mass is 245 g/mol. The van der Waals surface area contributed by atoms with Gasteiger partial charge in [-0.3, -0.25) is 9.78 Å². The molecule has 4 nitrogen and oxygen atoms in total. The number of fused-ring (bicyclic) bond motifs is 1. The van der Waals surface area contributed by atoms with Crippen molar-refractivity contribution in [1.29, 1.82) is 0 Å². The number of aliphatic hydroxyl groups is 1. The van der Waals surface area contributed by atoms with Crippen LogP contribution in [0.2, 0.25) is 0 Å². The van der Waals surface area contributed by atoms with E-state index in [9.17, 15) is 9.90 Å². The van der Waals surface area contributed by atoms with Crippen molar-refractivity contribution in [1.82, 2.24) is 4.98 Å². The van der Waals surface area contributed by atoms with Gasteiger partial charge in [-0.05, 0) is 11.8 Å². The van der Waals surface area contributed by atoms with E-state index in [4.69, 9.17) is 0 Å². The van der Waals surface area contributed by atoms with Gasteiger partial charge < -0.3 is 9.84 Å². The molecule has 2 aromatic rings. The van der Waals surface area contributed by atoms with E-state index in [0.717, 1.165) is 16.3 Å². The SMILES string of the molecule is COC(=O)CCC(O)c1cncc2ccccc12. The number of hydrogen-bond acceptors (Lipinski definition) is 4. The van der Waals surface area contributed by atoms with Gasteiger partial charge in [-0.1, -0.05) is 24.3 Å². The topological polar surface area (TPSA) is 59.4 Å². The molecule has 1 N–H and O–H groups in total. The first kappa shape index (κ1) is 12.5. The van der Waals surface area contributed by atoms with Crippen LogP contribution in [0.3, 0.4) is 0 Å². The van der Waals surface area contributed by atoms with Gasteiger partial charge >= 0.3 is 5.97 Å². The number of nitrogens with zero attached hydrogens (tertiary/aromatic N) is 1. The van der Waals surface area contributed by atoms with Crippen molar-refractivity contribution < 1.29 is 14.6 Å². The summed E-state index contributed by atoms with van der Waals surface area (Å²) in [6.45, 7) is 0. The van der Waals surface area contributed by atoms with E-state index in [-0.39, 0.29) is 12.4 Å². The van der Waals surface area contributed by atoms with Crippen molar-refractivity contribution in [2.75, 3.05) is 7.11 Å². The molecule has 4 heteroatoms. The molecule has 1 aromatic heterocycles. The van der Waals surface area contributed by atoms with Crippen molar-refractivity contribution in [2.24, 2.45) is 0 Å². The summed E-state index contributed by atoms with van der Waals surface area (Å²) in [6.07, 6.45) is 3.22. The van der Waals surface area contributed by atoms with E-state index in [1.54, 1.807) is 12.4 Å². The average molecular weight is 245 g/mol. The molecule has 1 atom stereocenters. The molecule has 18 heavy (non-hydrogen) atoms. The summed E-state index contributed by atoms with van der Waals surface area (Å²) in [6, 6.07) is 7.72. The number of carbonyl (C=O) groups is 1. The summed E-state index contributed by atoms with van der Waals surface area (Å²) in [5.41, 5.74) is 0.747. The molecule has 2 rings (SSSR count). The summed E-state index contributed by atoms with van der Waals surface area (Å²) in [5.74, 6) is -0.317. The lowest BCUT2D eigenvalue weighted by Crippen LogP contribution is -2.05. The lowest BCUT2D eigenvalue weighted by Gasteiger charge is -2.12. The first-order valence-electron chi connectivity index (χ1n) is 5.80. The second kappa shape index (κ2) is 5.60. The van der Waals surface area contributed by atoms with Gasteiger partial charge in [-0.25, -0.2) is 0 Å². The summed E-state index contributed by atoms with van der Waals surface area (Å²) in [4.78, 5) is 15.2. The normalized spacial score (nSPS) is 12.3. The Morgan fingerprint density at radius 3 is 2.94 bits per heavy atom. The number of aliphatic hydroxyl groups excluding tert-OH is 1. The number of hydrogen-bond donors (Lipinski definition) is 1. The quantitative estimate of drug-likeness (QED) is 0.839. The van der Waals surface area contributed by atoms with Crippen molar-refractivity contribution in [2.45, 2.75) is 18.9 Å². The smallest absolute Gasteiger partial charge is 0.305 e. The van der Waals surface area contributed by atoms with Crippen LogP contribution in [-0.2, 0) is 9.53 Å². The Bertz CT molecular complexity index is 548. The van der Waals surface area contributed by atoms with Gasteiger partial charge in [0.25, 0.3) is 0 Å². The van der Waals surface area contributed by atoms with Crippen molar-refractivity contribution >= 4 is 16.7 Å². The van der Waals surface area contributed by atoms with Crippen LogP contribution in [0.4, 0.5) is 0 Å². The molecule has 0 spiro atoms. The van der Waals surface area contributed by atoms with Gasteiger partial charge in [0.1, 0.15) is 0 Å². The predicted molar refractivity (Wildman–Crippen MR) is 68.0 cm³/mol. The molecule has 0 saturated heterocycles. The highest BCUT2D eigenvalue weighted by atomic mass is 16.5. The number of carbonyl (C=O) groups excluding carboxylic acids is 1. The van der Waals surface area contributed by atoms with E-state index in [0.29, 0.717) is 6.42 Å². The van der Waals surface area contributed by atoms with Gasteiger partial charge in [-0.15, -0.1) is 0 Å². The highest BCUT2D eigenvalue weighted by Crippen LogP contribution is 2.25. The largest absolute Gasteiger partial charge is 0.469 e. The van der Waals surface area contributed by atoms with Crippen LogP contribution in [0.5, 0.6) is 0 Å². The third kappa shape index (κ3) is 2.65. The van der Waals surface area contributed by atoms with E-state index < -0.39 is 6.10 Å². The van der Waals surface area contributed by atoms with Crippen LogP contribution in [0.15, 0.2) is 36.7 Å². The highest BCUT2D eigenvalue weighted by Gasteiger charge is 2.13. The number of pyridine rings is 1. The fraction of sp³-hybridized carbons (Fsp3) is 0.286. The molecule has 0 radical (unpaired) electrons. The zero-order valence-corrected chi connectivity index (χ0v) is 10.2. The minimum absolute atomic E-state index is 0.195. The molecule has 1 unspecified atom stereocenters. The summed E-state index contributed by atoms with van der Waals surface area (Å²) >= 11 is 0. The maximum absolute atomic E-state index is 11.1. The van der Waals surface area contributed by atoms with Gasteiger partial charge in [0.2, 0.25) is 0 Å². The van der Waals surface area contributed by atoms with Gasteiger partial charge in [-0.2, -0.15) is 0 Å². The fourth-order valence-electron chi connectivity index (χ4n) is 1.92. The zero-order chi connectivity index (χ0) is 13.0. The van der Waals surface area contributed by atoms with E-state index in [1.165, 1.54) is 7.11 Å². The van der Waals surface area contributed by atoms with E-state index in [1.807, 2.05) is 24.3 Å². The Morgan fingerprint density at radius 2 is 2.17 bits per heavy atom. The molecular formula is C14H15NO3. The van der Waals surface area contributed by atoms with Crippen molar-refractivity contribution in [3.8, 4) is 0 Å². The number of ether oxygens (including phenoxy) is 1. The Labute approximate surface area is 105 Å². The Morgan fingerprint density at radius 1 is 1.39 bits per heavy atom. The first-order valence-corrected chi connectivity index (χ1v) is 5.80. The minimum atomic E-state index is -0.706. The second-order valence-corrected chi connectivity index (χ2v) is 4.08. The summed E-state index contributed by atoms with van der Waals surface area (Å²) in [5, 5.41) is 12.1. The van der Waals surface area contributed by atoms with E-state index in [2.05, 4.69) is 9.72 Å². The maximum Gasteiger partial charge on any atom is 0.305 e. The molecule has 0 bridgehead atoms. The predicted octanol–water partition coefficient (Wildman–Crippen LogP) is 2.22. The van der Waals surface area contributed by atoms with E-state index >= 15 is 0 Å². The second-order valence-electron chi connectivity index (χ2n) is 4.08. The van der Waals surface area contributed by atoms with Gasteiger partial charge in [0.05, 0.1) is 13.2 Å². The van der Waals surface area contributed by atoms with Crippen LogP contribution < -0.4 is 0 Å². The first-order chi connectivity index (χ1) is 8.72. The average Bonchev–Trinajstić information content (AvgIpc) is 2.43. The lowest BCUT2D eigenvalue weighted by atomic mass is 10.0. The third-order valence-corrected chi connectivity index (χ3v) is 2.91. The van der Waals surface area contributed by atoms with Crippen LogP contribution in [0, 0.1) is 0 Å². The van der Waals surface area contributed by atoms with Crippen molar-refractivity contribution in [3.05, 3.63) is 42.2 Å². The summed E-state index contributed by atoms with van der Waals surface area (Å²) in [7, 11) is 1.34. The Hall–Kier alpha value is -1.94. The van der Waals surface area contributed by atoms with Gasteiger partial charge in [0.15, 0.2) is 0 Å². The maximum atomic E-state index is 11.1. The molecule has 0 aliphatic rings. The molecule has 0 saturated carbocycles. The molecule has 0 fully saturated rings. The number of rotatable bonds is 4. The van der Waals surface area contributed by atoms with Gasteiger partial charge in [0, 0.05) is 29.8 Å². The lowest BCUT2D eigenvalue weighted by molar-refractivity contribution is -0.141. The molecule has 0 aliphatic carbocycles. The third-order valence-electron chi connectivity index (χ3n) is 2.91. The Balaban J connectivity index is 2.22. The number of aromatic nitrogens is 1. The highest BCUT2D eigenvalue weighted by molar-refractivity contribution is 5.85. The fourth-order valence-corrected chi connectivity index (χ4v) is 1.92. The minimum Gasteiger partial charge on any atom is -0.469 e. The Kier molecular flexibility index (Phi) is 3.89. The number of benzene rings is 1. The number of esters is 1. The van der Waals surface area contributed by atoms with Crippen LogP contribution in [0.25, 0.3) is 10.8 Å². The van der Waals surface area contributed by atoms with Crippen LogP contribution in [0.1, 0.15) is 24.5 Å². The molecule has 94 valence electrons. The molecule has 1 aromatic carbocycles. The molecule has 0 amide bonds.